The molecule has 0 amide bonds. The second kappa shape index (κ2) is 5.72. The van der Waals surface area contributed by atoms with Gasteiger partial charge in [0.25, 0.3) is 0 Å². The molecule has 16 heavy (non-hydrogen) atoms. The van der Waals surface area contributed by atoms with E-state index in [1.54, 1.807) is 11.1 Å². The van der Waals surface area contributed by atoms with Gasteiger partial charge in [0.2, 0.25) is 0 Å². The van der Waals surface area contributed by atoms with Crippen LogP contribution < -0.4 is 0 Å². The molecular formula is C15H21Cl. The third-order valence-electron chi connectivity index (χ3n) is 3.60. The number of benzene rings is 1. The van der Waals surface area contributed by atoms with E-state index in [0.29, 0.717) is 5.92 Å². The molecule has 88 valence electrons. The number of halogens is 1. The summed E-state index contributed by atoms with van der Waals surface area (Å²) in [4.78, 5) is 0. The second-order valence-corrected chi connectivity index (χ2v) is 5.28. The van der Waals surface area contributed by atoms with Gasteiger partial charge in [0.15, 0.2) is 0 Å². The van der Waals surface area contributed by atoms with Crippen LogP contribution in [0.1, 0.15) is 42.9 Å². The Bertz CT molecular complexity index is 343. The van der Waals surface area contributed by atoms with Crippen molar-refractivity contribution in [2.75, 3.05) is 5.88 Å². The van der Waals surface area contributed by atoms with Crippen LogP contribution in [0.15, 0.2) is 18.2 Å². The van der Waals surface area contributed by atoms with Crippen molar-refractivity contribution in [2.45, 2.75) is 45.4 Å². The van der Waals surface area contributed by atoms with Gasteiger partial charge in [0.05, 0.1) is 0 Å². The van der Waals surface area contributed by atoms with Crippen molar-refractivity contribution in [3.63, 3.8) is 0 Å². The molecule has 1 aromatic rings. The van der Waals surface area contributed by atoms with Crippen molar-refractivity contribution >= 4 is 11.6 Å². The number of hydrogen-bond acceptors (Lipinski definition) is 0. The molecule has 1 aliphatic rings. The van der Waals surface area contributed by atoms with E-state index in [1.165, 1.54) is 37.7 Å². The molecule has 0 radical (unpaired) electrons. The molecule has 0 heterocycles. The van der Waals surface area contributed by atoms with E-state index in [-0.39, 0.29) is 0 Å². The van der Waals surface area contributed by atoms with Crippen LogP contribution in [0.4, 0.5) is 0 Å². The highest BCUT2D eigenvalue weighted by Gasteiger charge is 2.13. The first-order valence-corrected chi connectivity index (χ1v) is 7.03. The zero-order chi connectivity index (χ0) is 11.4. The van der Waals surface area contributed by atoms with E-state index in [1.807, 2.05) is 0 Å². The van der Waals surface area contributed by atoms with Crippen molar-refractivity contribution in [3.8, 4) is 0 Å². The summed E-state index contributed by atoms with van der Waals surface area (Å²) in [6.07, 6.45) is 7.55. The number of aryl methyl sites for hydroxylation is 2. The summed E-state index contributed by atoms with van der Waals surface area (Å²) >= 11 is 6.01. The Kier molecular flexibility index (Phi) is 4.29. The topological polar surface area (TPSA) is 0 Å². The smallest absolute Gasteiger partial charge is 0.0254 e. The fraction of sp³-hybridized carbons (Fsp3) is 0.600. The number of hydrogen-bond donors (Lipinski definition) is 0. The maximum absolute atomic E-state index is 6.01. The van der Waals surface area contributed by atoms with Crippen LogP contribution in [0, 0.1) is 5.92 Å². The standard InChI is InChI=1S/C15H21Cl/c1-2-4-13(11-16)9-12-7-8-14-5-3-6-15(14)10-12/h7-8,10,13H,2-6,9,11H2,1H3. The Morgan fingerprint density at radius 3 is 2.81 bits per heavy atom. The summed E-state index contributed by atoms with van der Waals surface area (Å²) < 4.78 is 0. The van der Waals surface area contributed by atoms with Crippen molar-refractivity contribution in [2.24, 2.45) is 5.92 Å². The van der Waals surface area contributed by atoms with Crippen molar-refractivity contribution in [1.29, 1.82) is 0 Å². The lowest BCUT2D eigenvalue weighted by Crippen LogP contribution is -2.06. The van der Waals surface area contributed by atoms with Gasteiger partial charge in [-0.15, -0.1) is 11.6 Å². The van der Waals surface area contributed by atoms with Gasteiger partial charge in [0, 0.05) is 5.88 Å². The van der Waals surface area contributed by atoms with E-state index in [2.05, 4.69) is 25.1 Å². The van der Waals surface area contributed by atoms with Crippen LogP contribution >= 0.6 is 11.6 Å². The number of fused-ring (bicyclic) bond motifs is 1. The van der Waals surface area contributed by atoms with E-state index in [9.17, 15) is 0 Å². The maximum atomic E-state index is 6.01. The average Bonchev–Trinajstić information content (AvgIpc) is 2.75. The van der Waals surface area contributed by atoms with Gasteiger partial charge < -0.3 is 0 Å². The van der Waals surface area contributed by atoms with Crippen LogP contribution in [0.2, 0.25) is 0 Å². The van der Waals surface area contributed by atoms with Gasteiger partial charge in [-0.1, -0.05) is 31.5 Å². The fourth-order valence-corrected chi connectivity index (χ4v) is 2.99. The highest BCUT2D eigenvalue weighted by atomic mass is 35.5. The largest absolute Gasteiger partial charge is 0.126 e. The normalized spacial score (nSPS) is 16.1. The highest BCUT2D eigenvalue weighted by Crippen LogP contribution is 2.24. The van der Waals surface area contributed by atoms with Gasteiger partial charge >= 0.3 is 0 Å². The molecule has 2 rings (SSSR count). The minimum absolute atomic E-state index is 0.658. The molecular weight excluding hydrogens is 216 g/mol. The summed E-state index contributed by atoms with van der Waals surface area (Å²) in [7, 11) is 0. The molecule has 1 aromatic carbocycles. The van der Waals surface area contributed by atoms with Crippen molar-refractivity contribution in [3.05, 3.63) is 34.9 Å². The Hall–Kier alpha value is -0.490. The lowest BCUT2D eigenvalue weighted by atomic mass is 9.95. The highest BCUT2D eigenvalue weighted by molar-refractivity contribution is 6.18. The van der Waals surface area contributed by atoms with E-state index >= 15 is 0 Å². The number of alkyl halides is 1. The third kappa shape index (κ3) is 2.79. The van der Waals surface area contributed by atoms with E-state index < -0.39 is 0 Å². The minimum atomic E-state index is 0.658. The molecule has 0 N–H and O–H groups in total. The number of rotatable bonds is 5. The first-order chi connectivity index (χ1) is 7.83. The first-order valence-electron chi connectivity index (χ1n) is 6.50. The minimum Gasteiger partial charge on any atom is -0.126 e. The van der Waals surface area contributed by atoms with Gasteiger partial charge in [0.1, 0.15) is 0 Å². The summed E-state index contributed by atoms with van der Waals surface area (Å²) in [5, 5.41) is 0. The summed E-state index contributed by atoms with van der Waals surface area (Å²) in [5.41, 5.74) is 4.64. The summed E-state index contributed by atoms with van der Waals surface area (Å²) in [6.45, 7) is 2.24. The Balaban J connectivity index is 2.04. The van der Waals surface area contributed by atoms with Gasteiger partial charge in [-0.2, -0.15) is 0 Å². The Morgan fingerprint density at radius 2 is 2.06 bits per heavy atom. The monoisotopic (exact) mass is 236 g/mol. The predicted octanol–water partition coefficient (Wildman–Crippen LogP) is 4.37. The lowest BCUT2D eigenvalue weighted by molar-refractivity contribution is 0.528. The molecule has 0 saturated carbocycles. The van der Waals surface area contributed by atoms with Crippen LogP contribution in [0.25, 0.3) is 0 Å². The fourth-order valence-electron chi connectivity index (χ4n) is 2.73. The Labute approximate surface area is 104 Å². The summed E-state index contributed by atoms with van der Waals surface area (Å²) in [5.74, 6) is 1.45. The zero-order valence-corrected chi connectivity index (χ0v) is 10.9. The molecule has 0 aliphatic heterocycles. The van der Waals surface area contributed by atoms with Crippen molar-refractivity contribution < 1.29 is 0 Å². The van der Waals surface area contributed by atoms with Gasteiger partial charge in [-0.05, 0) is 54.7 Å². The molecule has 0 bridgehead atoms. The molecule has 1 aliphatic carbocycles. The maximum Gasteiger partial charge on any atom is 0.0254 e. The third-order valence-corrected chi connectivity index (χ3v) is 4.04. The lowest BCUT2D eigenvalue weighted by Gasteiger charge is -2.13. The molecule has 0 spiro atoms. The van der Waals surface area contributed by atoms with Crippen molar-refractivity contribution in [1.82, 2.24) is 0 Å². The molecule has 1 heteroatoms. The molecule has 0 aromatic heterocycles. The first kappa shape index (κ1) is 12.0. The van der Waals surface area contributed by atoms with E-state index in [0.717, 1.165) is 12.3 Å². The van der Waals surface area contributed by atoms with Crippen LogP contribution in [0.3, 0.4) is 0 Å². The summed E-state index contributed by atoms with van der Waals surface area (Å²) in [6, 6.07) is 7.05. The zero-order valence-electron chi connectivity index (χ0n) is 10.1. The molecule has 0 nitrogen and oxygen atoms in total. The van der Waals surface area contributed by atoms with Gasteiger partial charge in [-0.25, -0.2) is 0 Å². The molecule has 1 unspecified atom stereocenters. The van der Waals surface area contributed by atoms with E-state index in [4.69, 9.17) is 11.6 Å². The quantitative estimate of drug-likeness (QED) is 0.666. The molecule has 0 fully saturated rings. The predicted molar refractivity (Wildman–Crippen MR) is 71.3 cm³/mol. The Morgan fingerprint density at radius 1 is 1.25 bits per heavy atom. The van der Waals surface area contributed by atoms with Gasteiger partial charge in [-0.3, -0.25) is 0 Å². The SMILES string of the molecule is CCCC(CCl)Cc1ccc2c(c1)CCC2. The molecule has 1 atom stereocenters. The molecule has 0 saturated heterocycles. The van der Waals surface area contributed by atoms with Crippen LogP contribution in [-0.2, 0) is 19.3 Å². The van der Waals surface area contributed by atoms with Crippen LogP contribution in [0.5, 0.6) is 0 Å². The van der Waals surface area contributed by atoms with Crippen LogP contribution in [-0.4, -0.2) is 5.88 Å². The average molecular weight is 237 g/mol. The second-order valence-electron chi connectivity index (χ2n) is 4.97.